The van der Waals surface area contributed by atoms with E-state index in [1.54, 1.807) is 7.11 Å². The third kappa shape index (κ3) is 2.77. The Morgan fingerprint density at radius 3 is 2.63 bits per heavy atom. The molecule has 1 aromatic rings. The lowest BCUT2D eigenvalue weighted by Crippen LogP contribution is -2.30. The molecule has 1 aromatic carbocycles. The molecule has 1 aliphatic carbocycles. The number of halogens is 1. The average Bonchev–Trinajstić information content (AvgIpc) is 2.47. The van der Waals surface area contributed by atoms with Gasteiger partial charge >= 0.3 is 0 Å². The average molecular weight is 324 g/mol. The van der Waals surface area contributed by atoms with Crippen LogP contribution >= 0.6 is 15.9 Å². The second kappa shape index (κ2) is 5.94. The minimum absolute atomic E-state index is 0.660. The fourth-order valence-corrected chi connectivity index (χ4v) is 3.25. The highest BCUT2D eigenvalue weighted by Crippen LogP contribution is 2.47. The van der Waals surface area contributed by atoms with Crippen LogP contribution in [0.25, 0.3) is 0 Å². The molecule has 3 nitrogen and oxygen atoms in total. The molecule has 0 bridgehead atoms. The number of nitriles is 1. The van der Waals surface area contributed by atoms with Crippen LogP contribution in [0.3, 0.4) is 0 Å². The summed E-state index contributed by atoms with van der Waals surface area (Å²) in [4.78, 5) is 0. The highest BCUT2D eigenvalue weighted by molar-refractivity contribution is 9.10. The molecule has 0 amide bonds. The summed E-state index contributed by atoms with van der Waals surface area (Å²) in [7, 11) is 1.60. The van der Waals surface area contributed by atoms with E-state index in [9.17, 15) is 10.4 Å². The van der Waals surface area contributed by atoms with Crippen LogP contribution < -0.4 is 4.74 Å². The lowest BCUT2D eigenvalue weighted by molar-refractivity contribution is 0.0353. The molecule has 1 unspecified atom stereocenters. The van der Waals surface area contributed by atoms with Crippen molar-refractivity contribution in [2.75, 3.05) is 7.11 Å². The number of aliphatic hydroxyl groups is 1. The van der Waals surface area contributed by atoms with E-state index in [0.29, 0.717) is 5.75 Å². The molecule has 1 fully saturated rings. The third-order valence-electron chi connectivity index (χ3n) is 3.99. The van der Waals surface area contributed by atoms with Gasteiger partial charge in [0.05, 0.1) is 24.7 Å². The summed E-state index contributed by atoms with van der Waals surface area (Å²) in [6.45, 7) is 0. The van der Waals surface area contributed by atoms with Crippen LogP contribution in [0.2, 0.25) is 0 Å². The number of benzene rings is 1. The van der Waals surface area contributed by atoms with E-state index in [2.05, 4.69) is 22.0 Å². The largest absolute Gasteiger partial charge is 0.497 e. The molecule has 2 rings (SSSR count). The third-order valence-corrected chi connectivity index (χ3v) is 4.71. The van der Waals surface area contributed by atoms with Crippen molar-refractivity contribution in [1.82, 2.24) is 0 Å². The maximum atomic E-state index is 10.7. The van der Waals surface area contributed by atoms with Crippen LogP contribution in [0, 0.1) is 16.7 Å². The van der Waals surface area contributed by atoms with E-state index in [1.165, 1.54) is 0 Å². The predicted octanol–water partition coefficient (Wildman–Crippen LogP) is 3.97. The molecule has 0 saturated heterocycles. The van der Waals surface area contributed by atoms with Gasteiger partial charge in [0.1, 0.15) is 5.75 Å². The highest BCUT2D eigenvalue weighted by Gasteiger charge is 2.41. The zero-order valence-corrected chi connectivity index (χ0v) is 12.6. The topological polar surface area (TPSA) is 53.2 Å². The zero-order chi connectivity index (χ0) is 13.9. The Morgan fingerprint density at radius 2 is 2.05 bits per heavy atom. The monoisotopic (exact) mass is 323 g/mol. The van der Waals surface area contributed by atoms with Crippen molar-refractivity contribution >= 4 is 15.9 Å². The van der Waals surface area contributed by atoms with E-state index in [4.69, 9.17) is 4.74 Å². The van der Waals surface area contributed by atoms with Gasteiger partial charge in [0.25, 0.3) is 0 Å². The van der Waals surface area contributed by atoms with Crippen LogP contribution in [0.4, 0.5) is 0 Å². The molecule has 4 heteroatoms. The SMILES string of the molecule is COc1ccc(Br)c(C(O)C2(C#N)CCCCC2)c1. The van der Waals surface area contributed by atoms with Gasteiger partial charge in [-0.15, -0.1) is 0 Å². The second-order valence-corrected chi connectivity index (χ2v) is 5.97. The van der Waals surface area contributed by atoms with Gasteiger partial charge < -0.3 is 9.84 Å². The Balaban J connectivity index is 2.37. The van der Waals surface area contributed by atoms with E-state index in [0.717, 1.165) is 42.1 Å². The first-order valence-corrected chi connectivity index (χ1v) is 7.35. The fraction of sp³-hybridized carbons (Fsp3) is 0.533. The van der Waals surface area contributed by atoms with Gasteiger partial charge in [-0.2, -0.15) is 5.26 Å². The number of rotatable bonds is 3. The van der Waals surface area contributed by atoms with E-state index >= 15 is 0 Å². The first-order chi connectivity index (χ1) is 9.13. The predicted molar refractivity (Wildman–Crippen MR) is 76.8 cm³/mol. The Labute approximate surface area is 122 Å². The zero-order valence-electron chi connectivity index (χ0n) is 11.0. The molecule has 0 heterocycles. The Morgan fingerprint density at radius 1 is 1.37 bits per heavy atom. The molecule has 0 spiro atoms. The molecular formula is C15H18BrNO2. The van der Waals surface area contributed by atoms with E-state index in [1.807, 2.05) is 18.2 Å². The summed E-state index contributed by atoms with van der Waals surface area (Å²) in [6, 6.07) is 7.86. The molecule has 0 radical (unpaired) electrons. The molecule has 1 atom stereocenters. The van der Waals surface area contributed by atoms with Crippen molar-refractivity contribution in [1.29, 1.82) is 5.26 Å². The lowest BCUT2D eigenvalue weighted by atomic mass is 9.69. The van der Waals surface area contributed by atoms with Gasteiger partial charge in [-0.1, -0.05) is 35.2 Å². The van der Waals surface area contributed by atoms with Crippen molar-refractivity contribution in [3.8, 4) is 11.8 Å². The van der Waals surface area contributed by atoms with Crippen LogP contribution in [0.1, 0.15) is 43.8 Å². The summed E-state index contributed by atoms with van der Waals surface area (Å²) < 4.78 is 6.02. The molecule has 1 N–H and O–H groups in total. The van der Waals surface area contributed by atoms with Crippen LogP contribution in [-0.4, -0.2) is 12.2 Å². The first kappa shape index (κ1) is 14.4. The molecule has 0 aromatic heterocycles. The number of nitrogens with zero attached hydrogens (tertiary/aromatic N) is 1. The van der Waals surface area contributed by atoms with Gasteiger partial charge in [-0.3, -0.25) is 0 Å². The van der Waals surface area contributed by atoms with Crippen molar-refractivity contribution in [2.24, 2.45) is 5.41 Å². The highest BCUT2D eigenvalue weighted by atomic mass is 79.9. The molecular weight excluding hydrogens is 306 g/mol. The number of hydrogen-bond acceptors (Lipinski definition) is 3. The summed E-state index contributed by atoms with van der Waals surface area (Å²) in [5, 5.41) is 20.2. The van der Waals surface area contributed by atoms with Gasteiger partial charge in [0, 0.05) is 4.47 Å². The molecule has 102 valence electrons. The summed E-state index contributed by atoms with van der Waals surface area (Å²) in [5.74, 6) is 0.696. The second-order valence-electron chi connectivity index (χ2n) is 5.12. The summed E-state index contributed by atoms with van der Waals surface area (Å²) in [5.41, 5.74) is 0.0791. The number of aliphatic hydroxyl groups excluding tert-OH is 1. The van der Waals surface area contributed by atoms with E-state index in [-0.39, 0.29) is 0 Å². The smallest absolute Gasteiger partial charge is 0.119 e. The van der Waals surface area contributed by atoms with Crippen LogP contribution in [0.15, 0.2) is 22.7 Å². The minimum Gasteiger partial charge on any atom is -0.497 e. The number of methoxy groups -OCH3 is 1. The lowest BCUT2D eigenvalue weighted by Gasteiger charge is -2.35. The van der Waals surface area contributed by atoms with Crippen LogP contribution in [-0.2, 0) is 0 Å². The molecule has 1 saturated carbocycles. The van der Waals surface area contributed by atoms with E-state index < -0.39 is 11.5 Å². The van der Waals surface area contributed by atoms with Gasteiger partial charge in [-0.25, -0.2) is 0 Å². The molecule has 19 heavy (non-hydrogen) atoms. The number of hydrogen-bond donors (Lipinski definition) is 1. The Bertz CT molecular complexity index is 489. The molecule has 0 aliphatic heterocycles. The van der Waals surface area contributed by atoms with Crippen LogP contribution in [0.5, 0.6) is 5.75 Å². The van der Waals surface area contributed by atoms with Crippen molar-refractivity contribution in [2.45, 2.75) is 38.2 Å². The van der Waals surface area contributed by atoms with Crippen molar-refractivity contribution < 1.29 is 9.84 Å². The minimum atomic E-state index is -0.776. The summed E-state index contributed by atoms with van der Waals surface area (Å²) >= 11 is 3.46. The maximum absolute atomic E-state index is 10.7. The first-order valence-electron chi connectivity index (χ1n) is 6.56. The standard InChI is InChI=1S/C15H18BrNO2/c1-19-11-5-6-13(16)12(9-11)14(18)15(10-17)7-3-2-4-8-15/h5-6,9,14,18H,2-4,7-8H2,1H3. The number of ether oxygens (including phenoxy) is 1. The van der Waals surface area contributed by atoms with Crippen molar-refractivity contribution in [3.05, 3.63) is 28.2 Å². The Hall–Kier alpha value is -1.05. The normalized spacial score (nSPS) is 19.5. The molecule has 1 aliphatic rings. The van der Waals surface area contributed by atoms with Gasteiger partial charge in [0.2, 0.25) is 0 Å². The van der Waals surface area contributed by atoms with Crippen molar-refractivity contribution in [3.63, 3.8) is 0 Å². The van der Waals surface area contributed by atoms with Gasteiger partial charge in [0.15, 0.2) is 0 Å². The maximum Gasteiger partial charge on any atom is 0.119 e. The van der Waals surface area contributed by atoms with Gasteiger partial charge in [-0.05, 0) is 36.6 Å². The quantitative estimate of drug-likeness (QED) is 0.915. The fourth-order valence-electron chi connectivity index (χ4n) is 2.79. The summed E-state index contributed by atoms with van der Waals surface area (Å²) in [6.07, 6.45) is 3.90. The Kier molecular flexibility index (Phi) is 4.49.